The largest absolute Gasteiger partial charge is 0.477 e. The Hall–Kier alpha value is -3.22. The van der Waals surface area contributed by atoms with Crippen LogP contribution in [0.25, 0.3) is 0 Å². The number of aliphatic hydroxyl groups is 1. The van der Waals surface area contributed by atoms with Gasteiger partial charge in [0, 0.05) is 50.9 Å². The Kier molecular flexibility index (Phi) is 7.01. The lowest BCUT2D eigenvalue weighted by Gasteiger charge is -2.64. The van der Waals surface area contributed by atoms with Gasteiger partial charge in [0.2, 0.25) is 11.8 Å². The van der Waals surface area contributed by atoms with Crippen LogP contribution in [0.3, 0.4) is 0 Å². The Balaban J connectivity index is 1.20. The first-order valence-electron chi connectivity index (χ1n) is 15.1. The number of carbonyl (C=O) groups excluding carboxylic acids is 4. The van der Waals surface area contributed by atoms with Crippen LogP contribution in [-0.2, 0) is 26.2 Å². The van der Waals surface area contributed by atoms with Crippen molar-refractivity contribution in [1.82, 2.24) is 15.5 Å². The van der Waals surface area contributed by atoms with E-state index in [4.69, 9.17) is 15.2 Å². The lowest BCUT2D eigenvalue weighted by molar-refractivity contribution is -0.950. The van der Waals surface area contributed by atoms with Gasteiger partial charge in [-0.2, -0.15) is 0 Å². The number of nitrogens with two attached hydrogens (primary N) is 1. The Labute approximate surface area is 245 Å². The molecule has 1 aromatic carbocycles. The molecule has 2 aliphatic heterocycles. The monoisotopic (exact) mass is 584 g/mol. The van der Waals surface area contributed by atoms with Crippen molar-refractivity contribution in [3.63, 3.8) is 0 Å². The summed E-state index contributed by atoms with van der Waals surface area (Å²) in [4.78, 5) is 51.4. The Morgan fingerprint density at radius 2 is 2.05 bits per heavy atom. The quantitative estimate of drug-likeness (QED) is 0.295. The number of ether oxygens (including phenoxy) is 2. The molecule has 0 aromatic heterocycles. The number of benzene rings is 1. The summed E-state index contributed by atoms with van der Waals surface area (Å²) in [5.41, 5.74) is 5.25. The molecule has 12 heteroatoms. The Morgan fingerprint density at radius 1 is 1.29 bits per heavy atom. The average Bonchev–Trinajstić information content (AvgIpc) is 3.69. The summed E-state index contributed by atoms with van der Waals surface area (Å²) in [5, 5.41) is 17.7. The van der Waals surface area contributed by atoms with Gasteiger partial charge in [0.1, 0.15) is 17.7 Å². The molecule has 5 aliphatic rings. The zero-order chi connectivity index (χ0) is 30.0. The molecule has 1 spiro atoms. The fourth-order valence-electron chi connectivity index (χ4n) is 8.14. The number of likely N-dealkylation sites (N-methyl/N-ethyl adjacent to an activating group) is 2. The van der Waals surface area contributed by atoms with Crippen molar-refractivity contribution >= 4 is 23.7 Å². The van der Waals surface area contributed by atoms with Crippen molar-refractivity contribution in [2.45, 2.75) is 74.7 Å². The summed E-state index contributed by atoms with van der Waals surface area (Å²) in [6.07, 6.45) is 3.07. The van der Waals surface area contributed by atoms with E-state index in [1.54, 1.807) is 20.0 Å². The summed E-state index contributed by atoms with van der Waals surface area (Å²) in [6, 6.07) is 2.91. The molecule has 3 aliphatic carbocycles. The SMILES string of the molecule is C[C@H](NC(=O)CN)C(=O)NCCN(C)C(=O)Oc1ccc2c3c1O[C@H]1C(=O)CC[C@@]4(O)C(C2)[N@+](C)(CC2CC2)CC[C@]314. The zero-order valence-corrected chi connectivity index (χ0v) is 24.6. The van der Waals surface area contributed by atoms with E-state index in [0.29, 0.717) is 30.9 Å². The molecule has 1 unspecified atom stereocenters. The minimum atomic E-state index is -1.08. The summed E-state index contributed by atoms with van der Waals surface area (Å²) < 4.78 is 13.0. The van der Waals surface area contributed by atoms with Crippen LogP contribution < -0.4 is 25.8 Å². The minimum Gasteiger partial charge on any atom is -0.477 e. The molecule has 3 amide bonds. The first-order chi connectivity index (χ1) is 19.9. The van der Waals surface area contributed by atoms with Crippen molar-refractivity contribution in [2.75, 3.05) is 46.8 Å². The molecule has 1 aromatic rings. The lowest BCUT2D eigenvalue weighted by Crippen LogP contribution is -2.80. The Morgan fingerprint density at radius 3 is 2.76 bits per heavy atom. The van der Waals surface area contributed by atoms with E-state index >= 15 is 0 Å². The molecular weight excluding hydrogens is 542 g/mol. The molecule has 5 N–H and O–H groups in total. The molecule has 2 saturated carbocycles. The highest BCUT2D eigenvalue weighted by molar-refractivity contribution is 5.90. The number of likely N-dealkylation sites (tertiary alicyclic amines) is 1. The minimum absolute atomic E-state index is 0.0113. The van der Waals surface area contributed by atoms with Crippen molar-refractivity contribution in [2.24, 2.45) is 11.7 Å². The normalized spacial score (nSPS) is 32.7. The van der Waals surface area contributed by atoms with Crippen molar-refractivity contribution in [3.05, 3.63) is 23.3 Å². The lowest BCUT2D eigenvalue weighted by atomic mass is 9.48. The van der Waals surface area contributed by atoms with Crippen molar-refractivity contribution in [3.8, 4) is 11.5 Å². The smallest absolute Gasteiger partial charge is 0.415 e. The van der Waals surface area contributed by atoms with E-state index in [2.05, 4.69) is 17.7 Å². The molecule has 0 radical (unpaired) electrons. The molecule has 6 rings (SSSR count). The van der Waals surface area contributed by atoms with Gasteiger partial charge in [-0.15, -0.1) is 0 Å². The van der Waals surface area contributed by atoms with Crippen molar-refractivity contribution in [1.29, 1.82) is 0 Å². The number of hydrogen-bond donors (Lipinski definition) is 4. The number of nitrogens with one attached hydrogen (secondary N) is 2. The molecule has 6 atom stereocenters. The first-order valence-corrected chi connectivity index (χ1v) is 15.1. The maximum atomic E-state index is 13.3. The number of Topliss-reactive ketones (excluding diaryl/α,β-unsaturated/α-hetero) is 1. The van der Waals surface area contributed by atoms with Gasteiger partial charge in [-0.25, -0.2) is 4.79 Å². The number of rotatable bonds is 9. The van der Waals surface area contributed by atoms with Gasteiger partial charge in [0.25, 0.3) is 0 Å². The van der Waals surface area contributed by atoms with Gasteiger partial charge in [-0.05, 0) is 37.8 Å². The zero-order valence-electron chi connectivity index (χ0n) is 24.6. The average molecular weight is 585 g/mol. The maximum Gasteiger partial charge on any atom is 0.415 e. The highest BCUT2D eigenvalue weighted by atomic mass is 16.6. The van der Waals surface area contributed by atoms with Crippen LogP contribution in [0, 0.1) is 5.92 Å². The van der Waals surface area contributed by atoms with Gasteiger partial charge >= 0.3 is 6.09 Å². The third kappa shape index (κ3) is 4.37. The van der Waals surface area contributed by atoms with Crippen LogP contribution in [0.4, 0.5) is 4.79 Å². The van der Waals surface area contributed by atoms with Crippen LogP contribution >= 0.6 is 0 Å². The Bertz CT molecular complexity index is 1330. The molecular formula is C30H42N5O7+. The summed E-state index contributed by atoms with van der Waals surface area (Å²) in [5.74, 6) is 0.481. The number of hydrogen-bond acceptors (Lipinski definition) is 8. The maximum absolute atomic E-state index is 13.3. The second-order valence-corrected chi connectivity index (χ2v) is 13.2. The third-order valence-corrected chi connectivity index (χ3v) is 10.5. The van der Waals surface area contributed by atoms with Gasteiger partial charge in [-0.1, -0.05) is 6.07 Å². The van der Waals surface area contributed by atoms with E-state index in [9.17, 15) is 24.3 Å². The molecule has 1 saturated heterocycles. The topological polar surface area (TPSA) is 160 Å². The number of ketones is 1. The number of carbonyl (C=O) groups is 4. The summed E-state index contributed by atoms with van der Waals surface area (Å²) >= 11 is 0. The first kappa shape index (κ1) is 28.9. The van der Waals surface area contributed by atoms with Crippen LogP contribution in [0.1, 0.15) is 50.2 Å². The van der Waals surface area contributed by atoms with E-state index in [-0.39, 0.29) is 43.6 Å². The van der Waals surface area contributed by atoms with Gasteiger partial charge < -0.3 is 40.3 Å². The molecule has 228 valence electrons. The number of piperidine rings is 1. The standard InChI is InChI=1S/C30H41N5O7/c1-17(33-23(37)15-31)27(38)32-11-12-34(2)28(39)41-21-7-6-19-14-22-30(40)9-8-20(36)26-29(30,24(19)25(21)42-26)10-13-35(22,3)16-18-4-5-18/h6-7,17-18,22,26,40H,4-5,8-16,31H2,1-3H3,(H-,32,33,37,38)/p+1/t17-,22?,26-,29-,30+,35-/m0/s1. The van der Waals surface area contributed by atoms with Gasteiger partial charge in [0.15, 0.2) is 23.4 Å². The number of nitrogens with zero attached hydrogens (tertiary/aromatic N) is 2. The molecule has 3 fully saturated rings. The number of amides is 3. The molecule has 12 nitrogen and oxygen atoms in total. The van der Waals surface area contributed by atoms with E-state index in [0.717, 1.165) is 28.7 Å². The van der Waals surface area contributed by atoms with Crippen molar-refractivity contribution < 1.29 is 38.2 Å². The fraction of sp³-hybridized carbons (Fsp3) is 0.667. The summed E-state index contributed by atoms with van der Waals surface area (Å²) in [7, 11) is 3.82. The summed E-state index contributed by atoms with van der Waals surface area (Å²) in [6.45, 7) is 3.55. The van der Waals surface area contributed by atoms with E-state index in [1.807, 2.05) is 6.07 Å². The van der Waals surface area contributed by atoms with Crippen LogP contribution in [0.15, 0.2) is 12.1 Å². The second-order valence-electron chi connectivity index (χ2n) is 13.2. The van der Waals surface area contributed by atoms with Crippen LogP contribution in [-0.4, -0.2) is 109 Å². The molecule has 42 heavy (non-hydrogen) atoms. The van der Waals surface area contributed by atoms with E-state index < -0.39 is 41.1 Å². The number of quaternary nitrogens is 1. The highest BCUT2D eigenvalue weighted by Crippen LogP contribution is 2.66. The van der Waals surface area contributed by atoms with Gasteiger partial charge in [0.05, 0.1) is 32.1 Å². The predicted octanol–water partition coefficient (Wildman–Crippen LogP) is -0.0254. The molecule has 2 bridgehead atoms. The third-order valence-electron chi connectivity index (χ3n) is 10.5. The van der Waals surface area contributed by atoms with Gasteiger partial charge in [-0.3, -0.25) is 14.4 Å². The predicted molar refractivity (Wildman–Crippen MR) is 151 cm³/mol. The second kappa shape index (κ2) is 10.2. The van der Waals surface area contributed by atoms with E-state index in [1.165, 1.54) is 17.7 Å². The highest BCUT2D eigenvalue weighted by Gasteiger charge is 2.76. The van der Waals surface area contributed by atoms with Crippen LogP contribution in [0.2, 0.25) is 0 Å². The molecule has 2 heterocycles. The fourth-order valence-corrected chi connectivity index (χ4v) is 8.14. The van der Waals surface area contributed by atoms with Crippen LogP contribution in [0.5, 0.6) is 11.5 Å².